The summed E-state index contributed by atoms with van der Waals surface area (Å²) in [7, 11) is 1.73. The van der Waals surface area contributed by atoms with Crippen molar-refractivity contribution in [1.29, 1.82) is 0 Å². The zero-order valence-corrected chi connectivity index (χ0v) is 9.12. The second-order valence-corrected chi connectivity index (χ2v) is 4.17. The van der Waals surface area contributed by atoms with Gasteiger partial charge in [0.25, 0.3) is 0 Å². The summed E-state index contributed by atoms with van der Waals surface area (Å²) in [6.07, 6.45) is 5.19. The Morgan fingerprint density at radius 3 is 2.79 bits per heavy atom. The summed E-state index contributed by atoms with van der Waals surface area (Å²) in [4.78, 5) is 0. The predicted octanol–water partition coefficient (Wildman–Crippen LogP) is 2.48. The highest BCUT2D eigenvalue weighted by atomic mass is 16.5. The standard InChI is InChI=1S/C11H19NO2/c1-11(2,13-3)6-4-10(12)9-5-7-14-8-9/h5,7-8,10H,4,6,12H2,1-3H3. The lowest BCUT2D eigenvalue weighted by atomic mass is 9.97. The fraction of sp³-hybridized carbons (Fsp3) is 0.636. The van der Waals surface area contributed by atoms with E-state index in [1.165, 1.54) is 0 Å². The van der Waals surface area contributed by atoms with Crippen molar-refractivity contribution >= 4 is 0 Å². The molecule has 0 fully saturated rings. The summed E-state index contributed by atoms with van der Waals surface area (Å²) in [5.74, 6) is 0. The lowest BCUT2D eigenvalue weighted by molar-refractivity contribution is 0.0125. The van der Waals surface area contributed by atoms with Crippen molar-refractivity contribution in [3.05, 3.63) is 24.2 Å². The van der Waals surface area contributed by atoms with E-state index in [0.717, 1.165) is 18.4 Å². The maximum atomic E-state index is 5.99. The Bertz CT molecular complexity index is 254. The van der Waals surface area contributed by atoms with Crippen LogP contribution in [0.25, 0.3) is 0 Å². The average molecular weight is 197 g/mol. The fourth-order valence-corrected chi connectivity index (χ4v) is 1.26. The van der Waals surface area contributed by atoms with Crippen molar-refractivity contribution < 1.29 is 9.15 Å². The van der Waals surface area contributed by atoms with Gasteiger partial charge in [0.1, 0.15) is 0 Å². The molecule has 0 bridgehead atoms. The highest BCUT2D eigenvalue weighted by Crippen LogP contribution is 2.22. The summed E-state index contributed by atoms with van der Waals surface area (Å²) >= 11 is 0. The number of ether oxygens (including phenoxy) is 1. The Morgan fingerprint density at radius 2 is 2.29 bits per heavy atom. The molecule has 0 aromatic carbocycles. The van der Waals surface area contributed by atoms with Gasteiger partial charge in [0.15, 0.2) is 0 Å². The maximum absolute atomic E-state index is 5.99. The Labute approximate surface area is 85.2 Å². The molecule has 80 valence electrons. The first-order valence-corrected chi connectivity index (χ1v) is 4.88. The first-order valence-electron chi connectivity index (χ1n) is 4.88. The lowest BCUT2D eigenvalue weighted by Crippen LogP contribution is -2.24. The van der Waals surface area contributed by atoms with Crippen LogP contribution < -0.4 is 5.73 Å². The smallest absolute Gasteiger partial charge is 0.0950 e. The molecule has 0 amide bonds. The van der Waals surface area contributed by atoms with Crippen LogP contribution in [0.15, 0.2) is 23.0 Å². The van der Waals surface area contributed by atoms with Crippen LogP contribution in [0.5, 0.6) is 0 Å². The van der Waals surface area contributed by atoms with Gasteiger partial charge in [-0.05, 0) is 32.8 Å². The first kappa shape index (κ1) is 11.3. The number of hydrogen-bond donors (Lipinski definition) is 1. The summed E-state index contributed by atoms with van der Waals surface area (Å²) in [5, 5.41) is 0. The molecule has 1 unspecified atom stereocenters. The van der Waals surface area contributed by atoms with E-state index in [2.05, 4.69) is 13.8 Å². The molecule has 14 heavy (non-hydrogen) atoms. The molecule has 3 heteroatoms. The minimum absolute atomic E-state index is 0.0446. The zero-order valence-electron chi connectivity index (χ0n) is 9.12. The molecule has 1 aromatic rings. The van der Waals surface area contributed by atoms with E-state index >= 15 is 0 Å². The molecule has 1 aromatic heterocycles. The summed E-state index contributed by atoms with van der Waals surface area (Å²) in [6.45, 7) is 4.13. The van der Waals surface area contributed by atoms with Gasteiger partial charge in [-0.25, -0.2) is 0 Å². The molecule has 0 aliphatic carbocycles. The van der Waals surface area contributed by atoms with Crippen LogP contribution in [0.1, 0.15) is 38.3 Å². The highest BCUT2D eigenvalue weighted by Gasteiger charge is 2.18. The normalized spacial score (nSPS) is 14.3. The molecule has 1 atom stereocenters. The molecule has 0 aliphatic rings. The van der Waals surface area contributed by atoms with Crippen molar-refractivity contribution in [3.63, 3.8) is 0 Å². The van der Waals surface area contributed by atoms with E-state index < -0.39 is 0 Å². The highest BCUT2D eigenvalue weighted by molar-refractivity contribution is 5.10. The zero-order chi connectivity index (χ0) is 10.6. The van der Waals surface area contributed by atoms with Crippen LogP contribution in [-0.4, -0.2) is 12.7 Å². The third-order valence-electron chi connectivity index (χ3n) is 2.58. The van der Waals surface area contributed by atoms with Crippen LogP contribution in [0.4, 0.5) is 0 Å². The molecule has 3 nitrogen and oxygen atoms in total. The van der Waals surface area contributed by atoms with Gasteiger partial charge in [0, 0.05) is 18.7 Å². The Morgan fingerprint density at radius 1 is 1.57 bits per heavy atom. The molecule has 1 heterocycles. The Hall–Kier alpha value is -0.800. The van der Waals surface area contributed by atoms with Crippen LogP contribution in [0.2, 0.25) is 0 Å². The van der Waals surface area contributed by atoms with Crippen molar-refractivity contribution in [2.45, 2.75) is 38.3 Å². The van der Waals surface area contributed by atoms with Crippen molar-refractivity contribution in [2.24, 2.45) is 5.73 Å². The van der Waals surface area contributed by atoms with Crippen LogP contribution in [-0.2, 0) is 4.74 Å². The molecule has 2 N–H and O–H groups in total. The second kappa shape index (κ2) is 4.62. The monoisotopic (exact) mass is 197 g/mol. The summed E-state index contributed by atoms with van der Waals surface area (Å²) in [5.41, 5.74) is 6.94. The van der Waals surface area contributed by atoms with E-state index in [0.29, 0.717) is 0 Å². The molecule has 0 radical (unpaired) electrons. The molecular formula is C11H19NO2. The fourth-order valence-electron chi connectivity index (χ4n) is 1.26. The van der Waals surface area contributed by atoms with Gasteiger partial charge < -0.3 is 14.9 Å². The number of hydrogen-bond acceptors (Lipinski definition) is 3. The third-order valence-corrected chi connectivity index (χ3v) is 2.58. The quantitative estimate of drug-likeness (QED) is 0.788. The molecular weight excluding hydrogens is 178 g/mol. The van der Waals surface area contributed by atoms with Gasteiger partial charge in [-0.2, -0.15) is 0 Å². The summed E-state index contributed by atoms with van der Waals surface area (Å²) < 4.78 is 10.3. The van der Waals surface area contributed by atoms with Crippen LogP contribution >= 0.6 is 0 Å². The molecule has 0 spiro atoms. The Balaban J connectivity index is 2.39. The van der Waals surface area contributed by atoms with E-state index in [9.17, 15) is 0 Å². The van der Waals surface area contributed by atoms with E-state index in [1.807, 2.05) is 6.07 Å². The Kier molecular flexibility index (Phi) is 3.72. The lowest BCUT2D eigenvalue weighted by Gasteiger charge is -2.24. The second-order valence-electron chi connectivity index (χ2n) is 4.17. The molecule has 0 aliphatic heterocycles. The van der Waals surface area contributed by atoms with Gasteiger partial charge in [0.05, 0.1) is 18.1 Å². The van der Waals surface area contributed by atoms with Gasteiger partial charge >= 0.3 is 0 Å². The average Bonchev–Trinajstić information content (AvgIpc) is 2.67. The minimum atomic E-state index is -0.0959. The van der Waals surface area contributed by atoms with E-state index in [4.69, 9.17) is 14.9 Å². The van der Waals surface area contributed by atoms with Crippen molar-refractivity contribution in [3.8, 4) is 0 Å². The first-order chi connectivity index (χ1) is 6.55. The number of furan rings is 1. The van der Waals surface area contributed by atoms with E-state index in [1.54, 1.807) is 19.6 Å². The van der Waals surface area contributed by atoms with Crippen LogP contribution in [0.3, 0.4) is 0 Å². The van der Waals surface area contributed by atoms with Crippen molar-refractivity contribution in [2.75, 3.05) is 7.11 Å². The number of methoxy groups -OCH3 is 1. The largest absolute Gasteiger partial charge is 0.472 e. The molecule has 0 saturated heterocycles. The molecule has 0 saturated carbocycles. The number of rotatable bonds is 5. The van der Waals surface area contributed by atoms with Crippen molar-refractivity contribution in [1.82, 2.24) is 0 Å². The number of nitrogens with two attached hydrogens (primary N) is 1. The van der Waals surface area contributed by atoms with Gasteiger partial charge in [-0.3, -0.25) is 0 Å². The maximum Gasteiger partial charge on any atom is 0.0950 e. The summed E-state index contributed by atoms with van der Waals surface area (Å²) in [6, 6.07) is 1.95. The van der Waals surface area contributed by atoms with E-state index in [-0.39, 0.29) is 11.6 Å². The van der Waals surface area contributed by atoms with Gasteiger partial charge in [0.2, 0.25) is 0 Å². The van der Waals surface area contributed by atoms with Gasteiger partial charge in [-0.15, -0.1) is 0 Å². The van der Waals surface area contributed by atoms with Crippen LogP contribution in [0, 0.1) is 0 Å². The molecule has 1 rings (SSSR count). The SMILES string of the molecule is COC(C)(C)CCC(N)c1ccoc1. The predicted molar refractivity (Wildman–Crippen MR) is 56.0 cm³/mol. The topological polar surface area (TPSA) is 48.4 Å². The third kappa shape index (κ3) is 3.16. The minimum Gasteiger partial charge on any atom is -0.472 e. The van der Waals surface area contributed by atoms with Gasteiger partial charge in [-0.1, -0.05) is 0 Å².